The van der Waals surface area contributed by atoms with E-state index in [0.717, 1.165) is 17.3 Å². The van der Waals surface area contributed by atoms with E-state index in [1.807, 2.05) is 6.07 Å². The van der Waals surface area contributed by atoms with Crippen molar-refractivity contribution in [3.05, 3.63) is 96.7 Å². The Hall–Kier alpha value is -3.27. The molecule has 0 aliphatic heterocycles. The van der Waals surface area contributed by atoms with Gasteiger partial charge in [-0.15, -0.1) is 0 Å². The Kier molecular flexibility index (Phi) is 9.14. The van der Waals surface area contributed by atoms with Crippen LogP contribution >= 0.6 is 39.1 Å². The Morgan fingerprint density at radius 3 is 2.66 bits per heavy atom. The third-order valence-corrected chi connectivity index (χ3v) is 6.48. The van der Waals surface area contributed by atoms with Gasteiger partial charge >= 0.3 is 0 Å². The molecule has 0 aliphatic rings. The molecular weight excluding hydrogens is 598 g/mol. The highest BCUT2D eigenvalue weighted by Gasteiger charge is 2.14. The summed E-state index contributed by atoms with van der Waals surface area (Å²) in [6.07, 6.45) is 3.83. The van der Waals surface area contributed by atoms with Gasteiger partial charge in [0.15, 0.2) is 12.4 Å². The van der Waals surface area contributed by atoms with Crippen LogP contribution in [0.4, 0.5) is 10.1 Å². The molecule has 0 atom stereocenters. The summed E-state index contributed by atoms with van der Waals surface area (Å²) in [7, 11) is 0. The maximum atomic E-state index is 13.3. The first-order valence-electron chi connectivity index (χ1n) is 11.7. The minimum atomic E-state index is -0.511. The number of fused-ring (bicyclic) bond motifs is 1. The zero-order valence-electron chi connectivity index (χ0n) is 20.2. The number of halogens is 4. The molecule has 4 aromatic rings. The summed E-state index contributed by atoms with van der Waals surface area (Å²) in [6, 6.07) is 13.9. The maximum Gasteiger partial charge on any atom is 0.282 e. The normalized spacial score (nSPS) is 11.3. The molecule has 1 amide bonds. The van der Waals surface area contributed by atoms with E-state index in [1.54, 1.807) is 30.3 Å². The summed E-state index contributed by atoms with van der Waals surface area (Å²) in [6.45, 7) is 1.67. The number of aryl methyl sites for hydroxylation is 1. The molecule has 11 heteroatoms. The number of nitrogens with one attached hydrogen (secondary N) is 1. The second-order valence-electron chi connectivity index (χ2n) is 8.32. The van der Waals surface area contributed by atoms with Crippen LogP contribution in [0.2, 0.25) is 10.0 Å². The van der Waals surface area contributed by atoms with Crippen LogP contribution in [0, 0.1) is 5.82 Å². The van der Waals surface area contributed by atoms with E-state index in [-0.39, 0.29) is 21.4 Å². The van der Waals surface area contributed by atoms with Gasteiger partial charge in [-0.1, -0.05) is 58.5 Å². The van der Waals surface area contributed by atoms with Gasteiger partial charge in [-0.3, -0.25) is 9.59 Å². The second-order valence-corrected chi connectivity index (χ2v) is 10.0. The molecule has 0 fully saturated rings. The quantitative estimate of drug-likeness (QED) is 0.208. The predicted molar refractivity (Wildman–Crippen MR) is 152 cm³/mol. The van der Waals surface area contributed by atoms with E-state index in [2.05, 4.69) is 38.3 Å². The smallest absolute Gasteiger partial charge is 0.282 e. The summed E-state index contributed by atoms with van der Waals surface area (Å²) >= 11 is 16.1. The molecule has 0 unspecified atom stereocenters. The summed E-state index contributed by atoms with van der Waals surface area (Å²) in [4.78, 5) is 30.1. The van der Waals surface area contributed by atoms with Crippen molar-refractivity contribution < 1.29 is 13.9 Å². The molecule has 1 N–H and O–H groups in total. The van der Waals surface area contributed by atoms with Crippen LogP contribution < -0.4 is 15.6 Å². The molecule has 3 aromatic carbocycles. The molecule has 196 valence electrons. The highest BCUT2D eigenvalue weighted by molar-refractivity contribution is 9.10. The topological polar surface area (TPSA) is 85.6 Å². The largest absolute Gasteiger partial charge is 0.481 e. The van der Waals surface area contributed by atoms with E-state index in [1.165, 1.54) is 29.1 Å². The second kappa shape index (κ2) is 12.5. The van der Waals surface area contributed by atoms with Crippen LogP contribution in [-0.2, 0) is 11.2 Å². The van der Waals surface area contributed by atoms with Crippen LogP contribution in [-0.4, -0.2) is 28.4 Å². The van der Waals surface area contributed by atoms with E-state index >= 15 is 0 Å². The first-order chi connectivity index (χ1) is 18.2. The summed E-state index contributed by atoms with van der Waals surface area (Å²) < 4.78 is 20.9. The lowest BCUT2D eigenvalue weighted by Gasteiger charge is -2.12. The Balaban J connectivity index is 1.55. The van der Waals surface area contributed by atoms with Crippen molar-refractivity contribution >= 4 is 67.8 Å². The number of rotatable bonds is 9. The van der Waals surface area contributed by atoms with Crippen LogP contribution in [0.5, 0.6) is 5.75 Å². The van der Waals surface area contributed by atoms with Crippen molar-refractivity contribution in [1.82, 2.24) is 9.66 Å². The number of anilines is 1. The number of hydrogen-bond acceptors (Lipinski definition) is 5. The lowest BCUT2D eigenvalue weighted by molar-refractivity contribution is -0.118. The van der Waals surface area contributed by atoms with E-state index in [0.29, 0.717) is 34.4 Å². The van der Waals surface area contributed by atoms with Crippen molar-refractivity contribution in [2.75, 3.05) is 11.9 Å². The first-order valence-corrected chi connectivity index (χ1v) is 13.2. The molecule has 0 aliphatic carbocycles. The third-order valence-electron chi connectivity index (χ3n) is 5.43. The van der Waals surface area contributed by atoms with Crippen LogP contribution in [0.25, 0.3) is 10.9 Å². The van der Waals surface area contributed by atoms with Gasteiger partial charge in [0.05, 0.1) is 27.2 Å². The van der Waals surface area contributed by atoms with Gasteiger partial charge in [-0.05, 0) is 60.5 Å². The van der Waals surface area contributed by atoms with Gasteiger partial charge in [0.1, 0.15) is 11.6 Å². The van der Waals surface area contributed by atoms with Crippen LogP contribution in [0.3, 0.4) is 0 Å². The van der Waals surface area contributed by atoms with Gasteiger partial charge in [0.25, 0.3) is 11.5 Å². The number of amides is 1. The standard InChI is InChI=1S/C27H22BrCl2FN4O3/c1-2-3-7-24-34-23-9-8-17(28)12-20(23)27(37)35(24)32-14-16-10-21(29)26(22(30)11-16)38-15-25(36)33-19-6-4-5-18(31)13-19/h4-6,8-14H,2-3,7,15H2,1H3,(H,33,36). The average Bonchev–Trinajstić information content (AvgIpc) is 2.87. The highest BCUT2D eigenvalue weighted by Crippen LogP contribution is 2.34. The molecule has 0 bridgehead atoms. The molecule has 38 heavy (non-hydrogen) atoms. The number of ether oxygens (including phenoxy) is 1. The van der Waals surface area contributed by atoms with Crippen LogP contribution in [0.1, 0.15) is 31.2 Å². The first kappa shape index (κ1) is 27.8. The maximum absolute atomic E-state index is 13.3. The lowest BCUT2D eigenvalue weighted by Crippen LogP contribution is -2.22. The lowest BCUT2D eigenvalue weighted by atomic mass is 10.2. The zero-order chi connectivity index (χ0) is 27.2. The van der Waals surface area contributed by atoms with Crippen molar-refractivity contribution in [3.63, 3.8) is 0 Å². The summed E-state index contributed by atoms with van der Waals surface area (Å²) in [5.74, 6) is -0.329. The molecule has 4 rings (SSSR count). The molecule has 1 heterocycles. The van der Waals surface area contributed by atoms with Gasteiger partial charge in [-0.25, -0.2) is 9.37 Å². The van der Waals surface area contributed by atoms with Gasteiger partial charge in [-0.2, -0.15) is 9.78 Å². The van der Waals surface area contributed by atoms with Crippen molar-refractivity contribution in [2.24, 2.45) is 5.10 Å². The van der Waals surface area contributed by atoms with Crippen molar-refractivity contribution in [3.8, 4) is 5.75 Å². The van der Waals surface area contributed by atoms with E-state index < -0.39 is 18.3 Å². The van der Waals surface area contributed by atoms with Gasteiger partial charge in [0, 0.05) is 16.6 Å². The predicted octanol–water partition coefficient (Wildman–Crippen LogP) is 6.85. The van der Waals surface area contributed by atoms with Crippen molar-refractivity contribution in [1.29, 1.82) is 0 Å². The fraction of sp³-hybridized carbons (Fsp3) is 0.185. The number of carbonyl (C=O) groups is 1. The molecule has 1 aromatic heterocycles. The van der Waals surface area contributed by atoms with Crippen molar-refractivity contribution in [2.45, 2.75) is 26.2 Å². The zero-order valence-corrected chi connectivity index (χ0v) is 23.3. The molecule has 0 spiro atoms. The molecule has 0 saturated heterocycles. The monoisotopic (exact) mass is 618 g/mol. The average molecular weight is 620 g/mol. The minimum Gasteiger partial charge on any atom is -0.481 e. The number of hydrogen-bond donors (Lipinski definition) is 1. The SMILES string of the molecule is CCCCc1nc2ccc(Br)cc2c(=O)n1N=Cc1cc(Cl)c(OCC(=O)Nc2cccc(F)c2)c(Cl)c1. The molecular formula is C27H22BrCl2FN4O3. The summed E-state index contributed by atoms with van der Waals surface area (Å²) in [5, 5.41) is 7.66. The van der Waals surface area contributed by atoms with E-state index in [9.17, 15) is 14.0 Å². The number of nitrogens with zero attached hydrogens (tertiary/aromatic N) is 3. The molecule has 0 saturated carbocycles. The number of aromatic nitrogens is 2. The fourth-order valence-corrected chi connectivity index (χ4v) is 4.60. The number of unbranched alkanes of at least 4 members (excludes halogenated alkanes) is 1. The van der Waals surface area contributed by atoms with Crippen LogP contribution in [0.15, 0.2) is 69.0 Å². The van der Waals surface area contributed by atoms with E-state index in [4.69, 9.17) is 27.9 Å². The Morgan fingerprint density at radius 1 is 1.18 bits per heavy atom. The summed E-state index contributed by atoms with van der Waals surface area (Å²) in [5.41, 5.74) is 1.12. The Morgan fingerprint density at radius 2 is 1.95 bits per heavy atom. The third kappa shape index (κ3) is 6.78. The van der Waals surface area contributed by atoms with Gasteiger partial charge < -0.3 is 10.1 Å². The highest BCUT2D eigenvalue weighted by atomic mass is 79.9. The minimum absolute atomic E-state index is 0.109. The molecule has 7 nitrogen and oxygen atoms in total. The number of benzene rings is 3. The Labute approximate surface area is 236 Å². The Bertz CT molecular complexity index is 1570. The number of carbonyl (C=O) groups excluding carboxylic acids is 1. The fourth-order valence-electron chi connectivity index (χ4n) is 3.63. The molecule has 0 radical (unpaired) electrons. The van der Waals surface area contributed by atoms with Gasteiger partial charge in [0.2, 0.25) is 0 Å².